The second-order valence-corrected chi connectivity index (χ2v) is 4.97. The Morgan fingerprint density at radius 1 is 1.38 bits per heavy atom. The van der Waals surface area contributed by atoms with E-state index in [1.807, 2.05) is 35.3 Å². The topological polar surface area (TPSA) is 62.2 Å². The Morgan fingerprint density at radius 3 is 2.86 bits per heavy atom. The standard InChI is InChI=1S/C15H17N3O3/c1-2-21-15(20)13-14(11-6-4-3-5-7-11)17-9-8-12(19)18(17)10-16-13/h3-7,10,13-14H,2,8-9H2,1H3/t13-,14+/m1/s1. The quantitative estimate of drug-likeness (QED) is 0.782. The fraction of sp³-hybridized carbons (Fsp3) is 0.400. The third kappa shape index (κ3) is 2.42. The molecule has 0 N–H and O–H groups in total. The Hall–Kier alpha value is -2.21. The lowest BCUT2D eigenvalue weighted by Gasteiger charge is -2.38. The molecule has 2 aliphatic heterocycles. The highest BCUT2D eigenvalue weighted by Crippen LogP contribution is 2.34. The van der Waals surface area contributed by atoms with Crippen molar-refractivity contribution in [2.45, 2.75) is 25.4 Å². The predicted molar refractivity (Wildman–Crippen MR) is 76.3 cm³/mol. The van der Waals surface area contributed by atoms with Gasteiger partial charge in [0.15, 0.2) is 6.04 Å². The van der Waals surface area contributed by atoms with E-state index in [2.05, 4.69) is 4.99 Å². The SMILES string of the molecule is CCOC(=O)[C@@H]1N=CN2C(=O)CCN2[C@H]1c1ccccc1. The first-order chi connectivity index (χ1) is 10.2. The van der Waals surface area contributed by atoms with Crippen LogP contribution in [0.4, 0.5) is 0 Å². The fourth-order valence-electron chi connectivity index (χ4n) is 2.78. The average molecular weight is 287 g/mol. The van der Waals surface area contributed by atoms with E-state index in [0.717, 1.165) is 5.56 Å². The summed E-state index contributed by atoms with van der Waals surface area (Å²) in [5, 5.41) is 3.40. The molecule has 2 heterocycles. The van der Waals surface area contributed by atoms with E-state index in [9.17, 15) is 9.59 Å². The number of hydrazine groups is 1. The van der Waals surface area contributed by atoms with Gasteiger partial charge in [0.1, 0.15) is 6.34 Å². The third-order valence-electron chi connectivity index (χ3n) is 3.71. The van der Waals surface area contributed by atoms with Crippen molar-refractivity contribution in [2.24, 2.45) is 4.99 Å². The third-order valence-corrected chi connectivity index (χ3v) is 3.71. The summed E-state index contributed by atoms with van der Waals surface area (Å²) >= 11 is 0. The van der Waals surface area contributed by atoms with Gasteiger partial charge in [-0.15, -0.1) is 0 Å². The number of amides is 1. The molecule has 1 aromatic carbocycles. The number of aliphatic imine (C=N–C) groups is 1. The molecule has 1 fully saturated rings. The number of hydrogen-bond acceptors (Lipinski definition) is 5. The first-order valence-electron chi connectivity index (χ1n) is 7.06. The first kappa shape index (κ1) is 13.8. The molecule has 6 heteroatoms. The van der Waals surface area contributed by atoms with E-state index in [-0.39, 0.29) is 17.9 Å². The Bertz CT molecular complexity index is 573. The van der Waals surface area contributed by atoms with Gasteiger partial charge in [0.25, 0.3) is 0 Å². The fourth-order valence-corrected chi connectivity index (χ4v) is 2.78. The molecule has 110 valence electrons. The second-order valence-electron chi connectivity index (χ2n) is 4.97. The van der Waals surface area contributed by atoms with Gasteiger partial charge in [-0.2, -0.15) is 0 Å². The number of ether oxygens (including phenoxy) is 1. The van der Waals surface area contributed by atoms with Crippen molar-refractivity contribution in [3.8, 4) is 0 Å². The summed E-state index contributed by atoms with van der Waals surface area (Å²) < 4.78 is 5.13. The maximum absolute atomic E-state index is 12.2. The van der Waals surface area contributed by atoms with Gasteiger partial charge >= 0.3 is 5.97 Å². The van der Waals surface area contributed by atoms with E-state index in [4.69, 9.17) is 4.74 Å². The molecule has 0 unspecified atom stereocenters. The molecule has 1 amide bonds. The molecular formula is C15H17N3O3. The van der Waals surface area contributed by atoms with Crippen molar-refractivity contribution >= 4 is 18.2 Å². The highest BCUT2D eigenvalue weighted by Gasteiger charge is 2.44. The van der Waals surface area contributed by atoms with Crippen LogP contribution in [0.2, 0.25) is 0 Å². The number of nitrogens with zero attached hydrogens (tertiary/aromatic N) is 3. The maximum atomic E-state index is 12.2. The Labute approximate surface area is 123 Å². The van der Waals surface area contributed by atoms with Crippen LogP contribution in [0.15, 0.2) is 35.3 Å². The van der Waals surface area contributed by atoms with Crippen molar-refractivity contribution in [3.05, 3.63) is 35.9 Å². The van der Waals surface area contributed by atoms with Crippen LogP contribution in [-0.4, -0.2) is 47.4 Å². The van der Waals surface area contributed by atoms with Crippen LogP contribution in [0, 0.1) is 0 Å². The molecule has 0 aromatic heterocycles. The van der Waals surface area contributed by atoms with E-state index in [1.165, 1.54) is 11.3 Å². The van der Waals surface area contributed by atoms with E-state index < -0.39 is 6.04 Å². The molecule has 0 bridgehead atoms. The van der Waals surface area contributed by atoms with Crippen LogP contribution in [0.1, 0.15) is 24.9 Å². The van der Waals surface area contributed by atoms with Crippen LogP contribution < -0.4 is 0 Å². The first-order valence-corrected chi connectivity index (χ1v) is 7.06. The van der Waals surface area contributed by atoms with Crippen molar-refractivity contribution in [1.29, 1.82) is 0 Å². The number of carbonyl (C=O) groups is 2. The summed E-state index contributed by atoms with van der Waals surface area (Å²) in [4.78, 5) is 28.3. The van der Waals surface area contributed by atoms with Gasteiger partial charge in [-0.25, -0.2) is 14.8 Å². The molecule has 0 saturated carbocycles. The zero-order chi connectivity index (χ0) is 14.8. The number of hydrogen-bond donors (Lipinski definition) is 0. The molecule has 1 saturated heterocycles. The minimum atomic E-state index is -0.644. The van der Waals surface area contributed by atoms with Gasteiger partial charge < -0.3 is 4.74 Å². The maximum Gasteiger partial charge on any atom is 0.333 e. The van der Waals surface area contributed by atoms with Crippen molar-refractivity contribution in [1.82, 2.24) is 10.0 Å². The summed E-state index contributed by atoms with van der Waals surface area (Å²) in [6.07, 6.45) is 1.88. The summed E-state index contributed by atoms with van der Waals surface area (Å²) in [5.41, 5.74) is 0.951. The lowest BCUT2D eigenvalue weighted by atomic mass is 9.98. The van der Waals surface area contributed by atoms with Crippen LogP contribution in [0.3, 0.4) is 0 Å². The lowest BCUT2D eigenvalue weighted by Crippen LogP contribution is -2.50. The predicted octanol–water partition coefficient (Wildman–Crippen LogP) is 1.15. The molecule has 1 aromatic rings. The number of esters is 1. The van der Waals surface area contributed by atoms with Crippen LogP contribution in [0.5, 0.6) is 0 Å². The van der Waals surface area contributed by atoms with Gasteiger partial charge in [-0.1, -0.05) is 30.3 Å². The smallest absolute Gasteiger partial charge is 0.333 e. The minimum absolute atomic E-state index is 0.00184. The van der Waals surface area contributed by atoms with Gasteiger partial charge in [-0.05, 0) is 12.5 Å². The summed E-state index contributed by atoms with van der Waals surface area (Å²) in [5.74, 6) is -0.358. The lowest BCUT2D eigenvalue weighted by molar-refractivity contribution is -0.150. The van der Waals surface area contributed by atoms with Gasteiger partial charge in [0.05, 0.1) is 12.6 Å². The van der Waals surface area contributed by atoms with Gasteiger partial charge in [0, 0.05) is 13.0 Å². The summed E-state index contributed by atoms with van der Waals surface area (Å²) in [7, 11) is 0. The molecule has 0 aliphatic carbocycles. The molecule has 3 rings (SSSR count). The number of fused-ring (bicyclic) bond motifs is 1. The van der Waals surface area contributed by atoms with Crippen molar-refractivity contribution in [3.63, 3.8) is 0 Å². The average Bonchev–Trinajstić information content (AvgIpc) is 2.89. The highest BCUT2D eigenvalue weighted by molar-refractivity contribution is 5.91. The number of benzene rings is 1. The normalized spacial score (nSPS) is 25.0. The molecule has 21 heavy (non-hydrogen) atoms. The van der Waals surface area contributed by atoms with Gasteiger partial charge in [0.2, 0.25) is 5.91 Å². The molecular weight excluding hydrogens is 270 g/mol. The summed E-state index contributed by atoms with van der Waals surface area (Å²) in [6.45, 7) is 2.67. The van der Waals surface area contributed by atoms with Crippen LogP contribution in [0.25, 0.3) is 0 Å². The number of rotatable bonds is 3. The van der Waals surface area contributed by atoms with Gasteiger partial charge in [-0.3, -0.25) is 9.79 Å². The van der Waals surface area contributed by atoms with Crippen LogP contribution >= 0.6 is 0 Å². The van der Waals surface area contributed by atoms with Crippen molar-refractivity contribution in [2.75, 3.05) is 13.2 Å². The molecule has 2 atom stereocenters. The monoisotopic (exact) mass is 287 g/mol. The second kappa shape index (κ2) is 5.65. The number of carbonyl (C=O) groups excluding carboxylic acids is 2. The van der Waals surface area contributed by atoms with Crippen molar-refractivity contribution < 1.29 is 14.3 Å². The molecule has 2 aliphatic rings. The zero-order valence-corrected chi connectivity index (χ0v) is 11.8. The largest absolute Gasteiger partial charge is 0.464 e. The van der Waals surface area contributed by atoms with E-state index in [1.54, 1.807) is 6.92 Å². The molecule has 0 radical (unpaired) electrons. The van der Waals surface area contributed by atoms with Crippen LogP contribution in [-0.2, 0) is 14.3 Å². The van der Waals surface area contributed by atoms with E-state index in [0.29, 0.717) is 19.6 Å². The molecule has 6 nitrogen and oxygen atoms in total. The zero-order valence-electron chi connectivity index (χ0n) is 11.8. The Balaban J connectivity index is 1.98. The Kier molecular flexibility index (Phi) is 3.70. The Morgan fingerprint density at radius 2 is 2.14 bits per heavy atom. The van der Waals surface area contributed by atoms with E-state index >= 15 is 0 Å². The summed E-state index contributed by atoms with van der Waals surface area (Å²) in [6, 6.07) is 8.69. The molecule has 0 spiro atoms. The minimum Gasteiger partial charge on any atom is -0.464 e. The highest BCUT2D eigenvalue weighted by atomic mass is 16.5.